The summed E-state index contributed by atoms with van der Waals surface area (Å²) in [4.78, 5) is 27.3. The van der Waals surface area contributed by atoms with Crippen LogP contribution in [0.1, 0.15) is 23.1 Å². The van der Waals surface area contributed by atoms with Gasteiger partial charge in [-0.2, -0.15) is 13.2 Å². The highest BCUT2D eigenvalue weighted by Crippen LogP contribution is 2.22. The molecule has 0 unspecified atom stereocenters. The summed E-state index contributed by atoms with van der Waals surface area (Å²) in [6, 6.07) is 12.9. The molecule has 220 valence electrons. The predicted molar refractivity (Wildman–Crippen MR) is 147 cm³/mol. The molecule has 1 amide bonds. The number of nitrogens with zero attached hydrogens (tertiary/aromatic N) is 2. The lowest BCUT2D eigenvalue weighted by molar-refractivity contribution is -0.192. The third-order valence-electron chi connectivity index (χ3n) is 5.53. The molecule has 0 saturated heterocycles. The highest BCUT2D eigenvalue weighted by molar-refractivity contribution is 7.90. The molecule has 0 fully saturated rings. The Morgan fingerprint density at radius 3 is 2.35 bits per heavy atom. The average Bonchev–Trinajstić information content (AvgIpc) is 3.42. The number of halogens is 5. The van der Waals surface area contributed by atoms with Gasteiger partial charge in [0.05, 0.1) is 18.2 Å². The predicted octanol–water partition coefficient (Wildman–Crippen LogP) is 3.53. The largest absolute Gasteiger partial charge is 0.490 e. The van der Waals surface area contributed by atoms with Gasteiger partial charge in [-0.3, -0.25) is 9.79 Å². The third-order valence-corrected chi connectivity index (χ3v) is 7.52. The Morgan fingerprint density at radius 2 is 1.80 bits per heavy atom. The van der Waals surface area contributed by atoms with E-state index in [1.54, 1.807) is 24.1 Å². The first-order chi connectivity index (χ1) is 18.7. The molecular weight excluding hydrogens is 596 g/mol. The number of amidine groups is 1. The van der Waals surface area contributed by atoms with Crippen molar-refractivity contribution in [2.45, 2.75) is 24.8 Å². The number of rotatable bonds is 11. The molecule has 0 aromatic heterocycles. The van der Waals surface area contributed by atoms with E-state index in [2.05, 4.69) is 27.8 Å². The van der Waals surface area contributed by atoms with Crippen molar-refractivity contribution in [1.82, 2.24) is 15.5 Å². The first kappa shape index (κ1) is 33.3. The normalized spacial score (nSPS) is 13.1. The zero-order valence-electron chi connectivity index (χ0n) is 21.5. The zero-order chi connectivity index (χ0) is 29.9. The van der Waals surface area contributed by atoms with Gasteiger partial charge in [0.25, 0.3) is 0 Å². The lowest BCUT2D eigenvalue weighted by Gasteiger charge is -2.17. The van der Waals surface area contributed by atoms with E-state index in [4.69, 9.17) is 33.1 Å². The van der Waals surface area contributed by atoms with Crippen LogP contribution in [-0.4, -0.2) is 81.4 Å². The van der Waals surface area contributed by atoms with Crippen LogP contribution in [0.5, 0.6) is 0 Å². The topological polar surface area (TPSA) is 128 Å². The molecule has 1 heterocycles. The molecule has 0 bridgehead atoms. The van der Waals surface area contributed by atoms with Gasteiger partial charge in [-0.1, -0.05) is 53.5 Å². The minimum Gasteiger partial charge on any atom is -0.475 e. The summed E-state index contributed by atoms with van der Waals surface area (Å²) < 4.78 is 56.4. The van der Waals surface area contributed by atoms with Crippen molar-refractivity contribution < 1.29 is 36.3 Å². The van der Waals surface area contributed by atoms with Crippen molar-refractivity contribution in [3.63, 3.8) is 0 Å². The lowest BCUT2D eigenvalue weighted by Crippen LogP contribution is -2.33. The maximum atomic E-state index is 12.4. The molecule has 3 rings (SSSR count). The minimum absolute atomic E-state index is 0.0400. The Balaban J connectivity index is 0.000000708. The molecule has 9 nitrogen and oxygen atoms in total. The highest BCUT2D eigenvalue weighted by atomic mass is 35.5. The molecule has 0 saturated carbocycles. The van der Waals surface area contributed by atoms with Gasteiger partial charge in [-0.25, -0.2) is 13.2 Å². The number of carbonyl (C=O) groups excluding carboxylic acids is 1. The van der Waals surface area contributed by atoms with Crippen LogP contribution in [0.15, 0.2) is 47.5 Å². The Labute approximate surface area is 240 Å². The first-order valence-electron chi connectivity index (χ1n) is 11.9. The van der Waals surface area contributed by atoms with E-state index in [1.807, 2.05) is 12.1 Å². The molecule has 0 radical (unpaired) electrons. The minimum atomic E-state index is -5.08. The summed E-state index contributed by atoms with van der Waals surface area (Å²) in [5, 5.41) is 14.0. The molecule has 1 aliphatic rings. The van der Waals surface area contributed by atoms with Crippen molar-refractivity contribution in [3.05, 3.63) is 69.2 Å². The number of likely N-dealkylation sites (N-methyl/N-ethyl adjacent to an activating group) is 1. The summed E-state index contributed by atoms with van der Waals surface area (Å²) >= 11 is 11.9. The summed E-state index contributed by atoms with van der Waals surface area (Å²) in [7, 11) is -1.66. The smallest absolute Gasteiger partial charge is 0.475 e. The number of amides is 1. The van der Waals surface area contributed by atoms with E-state index in [1.165, 1.54) is 6.07 Å². The number of hydrogen-bond donors (Lipinski definition) is 3. The van der Waals surface area contributed by atoms with Gasteiger partial charge in [-0.05, 0) is 29.7 Å². The SMILES string of the molecule is CN(CCc1ccc(C2=NCCN2)cc1)C(=O)CCNCS(=O)(=O)Cc1ccc(Cl)cc1Cl.O=C(O)C(F)(F)F. The van der Waals surface area contributed by atoms with Gasteiger partial charge in [-0.15, -0.1) is 0 Å². The fourth-order valence-corrected chi connectivity index (χ4v) is 5.22. The van der Waals surface area contributed by atoms with E-state index in [-0.39, 0.29) is 30.5 Å². The summed E-state index contributed by atoms with van der Waals surface area (Å²) in [5.74, 6) is -2.28. The molecule has 0 spiro atoms. The number of carboxylic acids is 1. The second kappa shape index (κ2) is 15.2. The zero-order valence-corrected chi connectivity index (χ0v) is 23.8. The van der Waals surface area contributed by atoms with E-state index >= 15 is 0 Å². The van der Waals surface area contributed by atoms with Crippen LogP contribution in [0.25, 0.3) is 0 Å². The maximum absolute atomic E-state index is 12.4. The van der Waals surface area contributed by atoms with Crippen LogP contribution in [0.3, 0.4) is 0 Å². The van der Waals surface area contributed by atoms with Crippen LogP contribution in [0.4, 0.5) is 13.2 Å². The van der Waals surface area contributed by atoms with Crippen LogP contribution in [0.2, 0.25) is 10.0 Å². The number of aliphatic carboxylic acids is 1. The van der Waals surface area contributed by atoms with Crippen molar-refractivity contribution in [2.24, 2.45) is 4.99 Å². The second-order valence-corrected chi connectivity index (χ2v) is 11.6. The number of sulfone groups is 1. The number of nitrogens with one attached hydrogen (secondary N) is 2. The number of alkyl halides is 3. The lowest BCUT2D eigenvalue weighted by atomic mass is 10.1. The summed E-state index contributed by atoms with van der Waals surface area (Å²) in [5.41, 5.74) is 2.71. The van der Waals surface area contributed by atoms with Crippen LogP contribution < -0.4 is 10.6 Å². The maximum Gasteiger partial charge on any atom is 0.490 e. The monoisotopic (exact) mass is 624 g/mol. The van der Waals surface area contributed by atoms with Crippen LogP contribution >= 0.6 is 23.2 Å². The molecule has 1 aliphatic heterocycles. The Morgan fingerprint density at radius 1 is 1.15 bits per heavy atom. The summed E-state index contributed by atoms with van der Waals surface area (Å²) in [6.07, 6.45) is -4.12. The number of aliphatic imine (C=N–C) groups is 1. The van der Waals surface area contributed by atoms with Crippen molar-refractivity contribution in [1.29, 1.82) is 0 Å². The van der Waals surface area contributed by atoms with Gasteiger partial charge < -0.3 is 20.6 Å². The van der Waals surface area contributed by atoms with Gasteiger partial charge in [0, 0.05) is 48.7 Å². The fourth-order valence-electron chi connectivity index (χ4n) is 3.38. The average molecular weight is 625 g/mol. The standard InChI is InChI=1S/C23H28Cl2N4O3S.C2HF3O2/c1-29(13-9-17-2-4-18(5-3-17)23-27-11-12-28-23)22(30)8-10-26-16-33(31,32)15-19-6-7-20(24)14-21(19)25;3-2(4,5)1(6)7/h2-7,14,26H,8-13,15-16H2,1H3,(H,27,28);(H,6,7). The Kier molecular flexibility index (Phi) is 12.7. The number of hydrogen-bond acceptors (Lipinski definition) is 7. The van der Waals surface area contributed by atoms with E-state index in [9.17, 15) is 26.4 Å². The molecule has 15 heteroatoms. The number of carbonyl (C=O) groups is 2. The van der Waals surface area contributed by atoms with E-state index in [0.717, 1.165) is 36.5 Å². The molecule has 2 aromatic carbocycles. The van der Waals surface area contributed by atoms with Crippen molar-refractivity contribution in [2.75, 3.05) is 39.1 Å². The van der Waals surface area contributed by atoms with Crippen molar-refractivity contribution >= 4 is 50.8 Å². The van der Waals surface area contributed by atoms with E-state index in [0.29, 0.717) is 22.2 Å². The molecule has 3 N–H and O–H groups in total. The molecular formula is C25H29Cl2F3N4O5S. The van der Waals surface area contributed by atoms with Crippen LogP contribution in [-0.2, 0) is 31.6 Å². The highest BCUT2D eigenvalue weighted by Gasteiger charge is 2.38. The Bertz CT molecular complexity index is 1310. The van der Waals surface area contributed by atoms with E-state index < -0.39 is 22.0 Å². The quantitative estimate of drug-likeness (QED) is 0.326. The van der Waals surface area contributed by atoms with Crippen molar-refractivity contribution in [3.8, 4) is 0 Å². The Hall–Kier alpha value is -2.87. The molecule has 2 aromatic rings. The molecule has 40 heavy (non-hydrogen) atoms. The first-order valence-corrected chi connectivity index (χ1v) is 14.5. The van der Waals surface area contributed by atoms with Gasteiger partial charge in [0.2, 0.25) is 5.91 Å². The number of benzene rings is 2. The van der Waals surface area contributed by atoms with Gasteiger partial charge in [0.15, 0.2) is 9.84 Å². The second-order valence-electron chi connectivity index (χ2n) is 8.74. The van der Waals surface area contributed by atoms with Gasteiger partial charge in [0.1, 0.15) is 5.84 Å². The van der Waals surface area contributed by atoms with Gasteiger partial charge >= 0.3 is 12.1 Å². The molecule has 0 aliphatic carbocycles. The third kappa shape index (κ3) is 11.7. The van der Waals surface area contributed by atoms with Crippen LogP contribution in [0, 0.1) is 0 Å². The summed E-state index contributed by atoms with van der Waals surface area (Å²) in [6.45, 7) is 2.55. The molecule has 0 atom stereocenters. The number of carboxylic acid groups (broad SMARTS) is 1. The fraction of sp³-hybridized carbons (Fsp3) is 0.400.